The number of nitrogens with one attached hydrogen (secondary N) is 1. The molecule has 0 aliphatic carbocycles. The van der Waals surface area contributed by atoms with Crippen molar-refractivity contribution in [2.45, 2.75) is 38.3 Å². The zero-order chi connectivity index (χ0) is 21.9. The van der Waals surface area contributed by atoms with Crippen LogP contribution in [0.25, 0.3) is 0 Å². The number of carbonyl (C=O) groups excluding carboxylic acids is 3. The Kier molecular flexibility index (Phi) is 6.40. The van der Waals surface area contributed by atoms with Crippen molar-refractivity contribution in [1.82, 2.24) is 5.01 Å². The van der Waals surface area contributed by atoms with E-state index in [1.54, 1.807) is 24.3 Å². The van der Waals surface area contributed by atoms with Crippen molar-refractivity contribution >= 4 is 39.0 Å². The lowest BCUT2D eigenvalue weighted by molar-refractivity contribution is -0.147. The summed E-state index contributed by atoms with van der Waals surface area (Å²) in [7, 11) is -1.71. The molecule has 30 heavy (non-hydrogen) atoms. The van der Waals surface area contributed by atoms with Crippen LogP contribution in [0.15, 0.2) is 29.4 Å². The van der Waals surface area contributed by atoms with Crippen molar-refractivity contribution in [3.05, 3.63) is 24.3 Å². The third-order valence-electron chi connectivity index (χ3n) is 4.84. The Hall–Kier alpha value is -2.95. The number of hydrogen-bond donors (Lipinski definition) is 1. The third kappa shape index (κ3) is 5.15. The van der Waals surface area contributed by atoms with Crippen LogP contribution in [0, 0.1) is 0 Å². The number of rotatable bonds is 6. The molecule has 2 aliphatic rings. The Morgan fingerprint density at radius 3 is 2.73 bits per heavy atom. The Morgan fingerprint density at radius 2 is 2.07 bits per heavy atom. The Balaban J connectivity index is 1.63. The number of esters is 1. The van der Waals surface area contributed by atoms with Gasteiger partial charge in [0.1, 0.15) is 11.5 Å². The lowest BCUT2D eigenvalue weighted by Gasteiger charge is -2.27. The molecule has 162 valence electrons. The lowest BCUT2D eigenvalue weighted by Crippen LogP contribution is -2.42. The second-order valence-electron chi connectivity index (χ2n) is 7.11. The molecule has 0 unspecified atom stereocenters. The van der Waals surface area contributed by atoms with Gasteiger partial charge in [0.05, 0.1) is 24.7 Å². The van der Waals surface area contributed by atoms with Crippen LogP contribution in [0.2, 0.25) is 0 Å². The average Bonchev–Trinajstić information content (AvgIpc) is 3.07. The molecule has 0 radical (unpaired) electrons. The number of nitrogens with zero attached hydrogens (tertiary/aromatic N) is 2. The van der Waals surface area contributed by atoms with Gasteiger partial charge in [-0.1, -0.05) is 6.07 Å². The van der Waals surface area contributed by atoms with Gasteiger partial charge in [-0.05, 0) is 25.5 Å². The van der Waals surface area contributed by atoms with Gasteiger partial charge in [-0.3, -0.25) is 9.59 Å². The van der Waals surface area contributed by atoms with Crippen LogP contribution in [-0.4, -0.2) is 67.7 Å². The maximum Gasteiger partial charge on any atom is 0.355 e. The van der Waals surface area contributed by atoms with Gasteiger partial charge in [-0.15, -0.1) is 0 Å². The highest BCUT2D eigenvalue weighted by Crippen LogP contribution is 2.22. The van der Waals surface area contributed by atoms with Crippen LogP contribution in [0.3, 0.4) is 0 Å². The minimum absolute atomic E-state index is 0.0140. The number of hydrogen-bond acceptors (Lipinski definition) is 8. The molecule has 10 nitrogen and oxygen atoms in total. The second kappa shape index (κ2) is 8.82. The van der Waals surface area contributed by atoms with E-state index in [2.05, 4.69) is 10.4 Å². The fourth-order valence-electron chi connectivity index (χ4n) is 3.20. The Labute approximate surface area is 174 Å². The molecule has 2 atom stereocenters. The van der Waals surface area contributed by atoms with Crippen LogP contribution >= 0.6 is 0 Å². The quantitative estimate of drug-likeness (QED) is 0.649. The van der Waals surface area contributed by atoms with Gasteiger partial charge in [0.25, 0.3) is 5.91 Å². The number of anilines is 1. The van der Waals surface area contributed by atoms with Gasteiger partial charge in [0.2, 0.25) is 5.91 Å². The first kappa shape index (κ1) is 21.8. The van der Waals surface area contributed by atoms with Crippen molar-refractivity contribution in [2.24, 2.45) is 5.10 Å². The molecule has 0 bridgehead atoms. The van der Waals surface area contributed by atoms with Crippen LogP contribution < -0.4 is 10.1 Å². The van der Waals surface area contributed by atoms with Crippen LogP contribution in [0.5, 0.6) is 5.75 Å². The predicted molar refractivity (Wildman–Crippen MR) is 108 cm³/mol. The molecule has 1 aromatic carbocycles. The van der Waals surface area contributed by atoms with E-state index in [1.807, 2.05) is 0 Å². The zero-order valence-electron chi connectivity index (χ0n) is 16.7. The molecule has 2 amide bonds. The first-order valence-corrected chi connectivity index (χ1v) is 11.3. The first-order chi connectivity index (χ1) is 14.2. The molecule has 0 saturated carbocycles. The summed E-state index contributed by atoms with van der Waals surface area (Å²) in [5.74, 6) is -1.32. The third-order valence-corrected chi connectivity index (χ3v) is 6.59. The first-order valence-electron chi connectivity index (χ1n) is 9.44. The number of benzene rings is 1. The summed E-state index contributed by atoms with van der Waals surface area (Å²) in [4.78, 5) is 36.9. The van der Waals surface area contributed by atoms with Crippen molar-refractivity contribution in [2.75, 3.05) is 23.9 Å². The Bertz CT molecular complexity index is 990. The van der Waals surface area contributed by atoms with E-state index >= 15 is 0 Å². The summed E-state index contributed by atoms with van der Waals surface area (Å²) in [6.07, 6.45) is -0.740. The van der Waals surface area contributed by atoms with Gasteiger partial charge in [0.15, 0.2) is 15.9 Å². The fourth-order valence-corrected chi connectivity index (χ4v) is 4.89. The number of sulfone groups is 1. The summed E-state index contributed by atoms with van der Waals surface area (Å²) in [5.41, 5.74) is 0.469. The van der Waals surface area contributed by atoms with Gasteiger partial charge in [0, 0.05) is 24.6 Å². The van der Waals surface area contributed by atoms with Crippen molar-refractivity contribution in [1.29, 1.82) is 0 Å². The molecule has 1 saturated heterocycles. The van der Waals surface area contributed by atoms with Crippen LogP contribution in [0.1, 0.15) is 26.2 Å². The predicted octanol–water partition coefficient (Wildman–Crippen LogP) is 0.731. The molecular formula is C19H23N3O7S. The molecule has 1 fully saturated rings. The highest BCUT2D eigenvalue weighted by Gasteiger charge is 2.37. The van der Waals surface area contributed by atoms with E-state index in [1.165, 1.54) is 14.0 Å². The van der Waals surface area contributed by atoms with Crippen LogP contribution in [-0.2, 0) is 29.0 Å². The van der Waals surface area contributed by atoms with Crippen molar-refractivity contribution in [3.8, 4) is 5.75 Å². The van der Waals surface area contributed by atoms with Crippen LogP contribution in [0.4, 0.5) is 5.69 Å². The van der Waals surface area contributed by atoms with E-state index in [-0.39, 0.29) is 42.4 Å². The molecule has 11 heteroatoms. The van der Waals surface area contributed by atoms with Crippen molar-refractivity contribution in [3.63, 3.8) is 0 Å². The van der Waals surface area contributed by atoms with Gasteiger partial charge >= 0.3 is 5.97 Å². The molecular weight excluding hydrogens is 414 g/mol. The van der Waals surface area contributed by atoms with Gasteiger partial charge < -0.3 is 14.8 Å². The monoisotopic (exact) mass is 437 g/mol. The number of methoxy groups -OCH3 is 1. The lowest BCUT2D eigenvalue weighted by atomic mass is 10.1. The normalized spacial score (nSPS) is 21.5. The van der Waals surface area contributed by atoms with E-state index in [0.29, 0.717) is 11.4 Å². The summed E-state index contributed by atoms with van der Waals surface area (Å²) in [6.45, 7) is 1.42. The van der Waals surface area contributed by atoms with Gasteiger partial charge in [-0.25, -0.2) is 18.2 Å². The van der Waals surface area contributed by atoms with Gasteiger partial charge in [-0.2, -0.15) is 5.10 Å². The topological polar surface area (TPSA) is 131 Å². The summed E-state index contributed by atoms with van der Waals surface area (Å²) < 4.78 is 33.7. The highest BCUT2D eigenvalue weighted by atomic mass is 32.2. The standard InChI is InChI=1S/C19H23N3O7S/c1-12(18(24)20-13-4-3-5-15(10-13)28-2)29-19(25)16-6-7-17(23)22(21-16)14-8-9-30(26,27)11-14/h3-5,10,12,14H,6-9,11H2,1-2H3,(H,20,24)/t12-,14+/m0/s1. The molecule has 1 N–H and O–H groups in total. The highest BCUT2D eigenvalue weighted by molar-refractivity contribution is 7.91. The van der Waals surface area contributed by atoms with E-state index in [9.17, 15) is 22.8 Å². The Morgan fingerprint density at radius 1 is 1.30 bits per heavy atom. The molecule has 0 spiro atoms. The van der Waals surface area contributed by atoms with E-state index < -0.39 is 33.9 Å². The van der Waals surface area contributed by atoms with E-state index in [4.69, 9.17) is 9.47 Å². The molecule has 2 heterocycles. The minimum Gasteiger partial charge on any atom is -0.497 e. The van der Waals surface area contributed by atoms with E-state index in [0.717, 1.165) is 5.01 Å². The number of carbonyl (C=O) groups is 3. The molecule has 1 aromatic rings. The number of hydrazone groups is 1. The summed E-state index contributed by atoms with van der Waals surface area (Å²) in [6, 6.07) is 6.13. The zero-order valence-corrected chi connectivity index (χ0v) is 17.5. The molecule has 2 aliphatic heterocycles. The molecule has 3 rings (SSSR count). The second-order valence-corrected chi connectivity index (χ2v) is 9.34. The average molecular weight is 437 g/mol. The van der Waals surface area contributed by atoms with Crippen molar-refractivity contribution < 1.29 is 32.3 Å². The number of ether oxygens (including phenoxy) is 2. The minimum atomic E-state index is -3.21. The SMILES string of the molecule is COc1cccc(NC(=O)[C@H](C)OC(=O)C2=NN([C@@H]3CCS(=O)(=O)C3)C(=O)CC2)c1. The largest absolute Gasteiger partial charge is 0.497 e. The summed E-state index contributed by atoms with van der Waals surface area (Å²) in [5, 5.41) is 7.74. The molecule has 0 aromatic heterocycles. The fraction of sp³-hybridized carbons (Fsp3) is 0.474. The maximum atomic E-state index is 12.5. The number of amides is 2. The summed E-state index contributed by atoms with van der Waals surface area (Å²) >= 11 is 0. The maximum absolute atomic E-state index is 12.5. The smallest absolute Gasteiger partial charge is 0.355 e.